The number of nitrogens with one attached hydrogen (secondary N) is 1. The molecular formula is C17H10F4N2O2. The number of amides is 1. The van der Waals surface area contributed by atoms with E-state index in [4.69, 9.17) is 4.42 Å². The van der Waals surface area contributed by atoms with Crippen molar-refractivity contribution in [2.45, 2.75) is 6.18 Å². The fourth-order valence-corrected chi connectivity index (χ4v) is 2.12. The van der Waals surface area contributed by atoms with Gasteiger partial charge in [0.2, 0.25) is 0 Å². The maximum Gasteiger partial charge on any atom is 0.416 e. The van der Waals surface area contributed by atoms with Gasteiger partial charge in [0.25, 0.3) is 5.91 Å². The van der Waals surface area contributed by atoms with Gasteiger partial charge in [0, 0.05) is 11.8 Å². The van der Waals surface area contributed by atoms with E-state index in [0.717, 1.165) is 18.3 Å². The van der Waals surface area contributed by atoms with Crippen molar-refractivity contribution < 1.29 is 26.8 Å². The number of carbonyl (C=O) groups excluding carboxylic acids is 1. The van der Waals surface area contributed by atoms with Crippen LogP contribution in [-0.2, 0) is 6.18 Å². The van der Waals surface area contributed by atoms with Gasteiger partial charge in [-0.3, -0.25) is 9.78 Å². The molecule has 0 aliphatic rings. The molecule has 0 fully saturated rings. The maximum absolute atomic E-state index is 13.5. The highest BCUT2D eigenvalue weighted by atomic mass is 19.4. The zero-order valence-electron chi connectivity index (χ0n) is 12.5. The molecule has 0 radical (unpaired) electrons. The molecule has 0 spiro atoms. The molecule has 25 heavy (non-hydrogen) atoms. The van der Waals surface area contributed by atoms with Gasteiger partial charge in [-0.2, -0.15) is 13.2 Å². The molecule has 1 amide bonds. The average molecular weight is 350 g/mol. The summed E-state index contributed by atoms with van der Waals surface area (Å²) in [4.78, 5) is 15.6. The van der Waals surface area contributed by atoms with Crippen molar-refractivity contribution in [1.82, 2.24) is 4.98 Å². The van der Waals surface area contributed by atoms with Gasteiger partial charge < -0.3 is 9.73 Å². The van der Waals surface area contributed by atoms with Crippen molar-refractivity contribution in [3.8, 4) is 11.3 Å². The van der Waals surface area contributed by atoms with Crippen LogP contribution in [0.3, 0.4) is 0 Å². The molecule has 1 N–H and O–H groups in total. The summed E-state index contributed by atoms with van der Waals surface area (Å²) in [6.07, 6.45) is -2.25. The minimum atomic E-state index is -4.48. The Morgan fingerprint density at radius 2 is 1.92 bits per heavy atom. The fraction of sp³-hybridized carbons (Fsp3) is 0.0588. The number of furan rings is 1. The number of hydrogen-bond donors (Lipinski definition) is 1. The predicted molar refractivity (Wildman–Crippen MR) is 81.3 cm³/mol. The van der Waals surface area contributed by atoms with E-state index < -0.39 is 23.5 Å². The number of hydrogen-bond acceptors (Lipinski definition) is 3. The smallest absolute Gasteiger partial charge is 0.416 e. The summed E-state index contributed by atoms with van der Waals surface area (Å²) < 4.78 is 57.1. The molecule has 0 saturated heterocycles. The summed E-state index contributed by atoms with van der Waals surface area (Å²) in [5.74, 6) is -1.53. The van der Waals surface area contributed by atoms with Crippen LogP contribution in [0.15, 0.2) is 59.3 Å². The minimum absolute atomic E-state index is 0.0861. The topological polar surface area (TPSA) is 55.1 Å². The zero-order valence-corrected chi connectivity index (χ0v) is 12.5. The van der Waals surface area contributed by atoms with Crippen LogP contribution in [0, 0.1) is 5.82 Å². The van der Waals surface area contributed by atoms with Gasteiger partial charge in [-0.25, -0.2) is 4.39 Å². The Kier molecular flexibility index (Phi) is 4.26. The maximum atomic E-state index is 13.5. The van der Waals surface area contributed by atoms with E-state index in [1.54, 1.807) is 0 Å². The normalized spacial score (nSPS) is 11.4. The second-order valence-electron chi connectivity index (χ2n) is 5.05. The molecule has 4 nitrogen and oxygen atoms in total. The summed E-state index contributed by atoms with van der Waals surface area (Å²) in [6, 6.07) is 8.46. The Hall–Kier alpha value is -3.16. The lowest BCUT2D eigenvalue weighted by molar-refractivity contribution is -0.137. The number of carbonyl (C=O) groups is 1. The van der Waals surface area contributed by atoms with Gasteiger partial charge in [-0.15, -0.1) is 0 Å². The van der Waals surface area contributed by atoms with Crippen molar-refractivity contribution in [2.24, 2.45) is 0 Å². The van der Waals surface area contributed by atoms with Gasteiger partial charge in [-0.05, 0) is 30.3 Å². The third-order valence-electron chi connectivity index (χ3n) is 3.32. The second kappa shape index (κ2) is 6.39. The molecule has 0 aliphatic heterocycles. The molecule has 2 aromatic heterocycles. The number of alkyl halides is 3. The Bertz CT molecular complexity index is 919. The van der Waals surface area contributed by atoms with Crippen molar-refractivity contribution >= 4 is 11.6 Å². The van der Waals surface area contributed by atoms with Crippen molar-refractivity contribution in [3.63, 3.8) is 0 Å². The van der Waals surface area contributed by atoms with Gasteiger partial charge in [0.15, 0.2) is 11.6 Å². The first-order valence-corrected chi connectivity index (χ1v) is 7.03. The van der Waals surface area contributed by atoms with Crippen LogP contribution in [0.2, 0.25) is 0 Å². The van der Waals surface area contributed by atoms with E-state index in [9.17, 15) is 22.4 Å². The third kappa shape index (κ3) is 3.68. The first-order chi connectivity index (χ1) is 11.8. The van der Waals surface area contributed by atoms with Crippen LogP contribution in [-0.4, -0.2) is 10.9 Å². The van der Waals surface area contributed by atoms with E-state index in [2.05, 4.69) is 10.3 Å². The zero-order chi connectivity index (χ0) is 18.0. The van der Waals surface area contributed by atoms with Gasteiger partial charge in [-0.1, -0.05) is 12.1 Å². The summed E-state index contributed by atoms with van der Waals surface area (Å²) in [5.41, 5.74) is -0.743. The summed E-state index contributed by atoms with van der Waals surface area (Å²) in [7, 11) is 0. The van der Waals surface area contributed by atoms with Crippen molar-refractivity contribution in [1.29, 1.82) is 0 Å². The molecule has 0 aliphatic carbocycles. The molecule has 0 atom stereocenters. The molecule has 2 heterocycles. The van der Waals surface area contributed by atoms with Crippen LogP contribution >= 0.6 is 0 Å². The highest BCUT2D eigenvalue weighted by Gasteiger charge is 2.30. The first-order valence-electron chi connectivity index (χ1n) is 7.03. The number of rotatable bonds is 3. The van der Waals surface area contributed by atoms with Crippen molar-refractivity contribution in [2.75, 3.05) is 5.32 Å². The number of benzene rings is 1. The number of nitrogens with zero attached hydrogens (tertiary/aromatic N) is 1. The third-order valence-corrected chi connectivity index (χ3v) is 3.32. The van der Waals surface area contributed by atoms with Crippen LogP contribution in [0.1, 0.15) is 16.1 Å². The van der Waals surface area contributed by atoms with Gasteiger partial charge in [0.05, 0.1) is 17.4 Å². The van der Waals surface area contributed by atoms with E-state index in [0.29, 0.717) is 0 Å². The molecule has 3 aromatic rings. The Labute approximate surface area is 139 Å². The highest BCUT2D eigenvalue weighted by Crippen LogP contribution is 2.32. The first kappa shape index (κ1) is 16.7. The van der Waals surface area contributed by atoms with Crippen LogP contribution < -0.4 is 5.32 Å². The molecule has 0 saturated carbocycles. The predicted octanol–water partition coefficient (Wildman–Crippen LogP) is 4.75. The van der Waals surface area contributed by atoms with Crippen molar-refractivity contribution in [3.05, 3.63) is 72.0 Å². The SMILES string of the molecule is O=C(Nc1ccncc1F)c1ccc(-c2cccc(C(F)(F)F)c2)o1. The molecule has 0 unspecified atom stereocenters. The molecule has 3 rings (SSSR count). The van der Waals surface area contributed by atoms with E-state index in [1.165, 1.54) is 36.5 Å². The molecule has 1 aromatic carbocycles. The number of anilines is 1. The van der Waals surface area contributed by atoms with E-state index in [1.807, 2.05) is 0 Å². The standard InChI is InChI=1S/C17H10F4N2O2/c18-12-9-22-7-6-13(12)23-16(24)15-5-4-14(25-15)10-2-1-3-11(8-10)17(19,20)21/h1-9H,(H,22,23,24). The second-order valence-corrected chi connectivity index (χ2v) is 5.05. The lowest BCUT2D eigenvalue weighted by Crippen LogP contribution is -2.12. The average Bonchev–Trinajstić information content (AvgIpc) is 3.06. The number of aromatic nitrogens is 1. The van der Waals surface area contributed by atoms with Crippen LogP contribution in [0.4, 0.5) is 23.2 Å². The quantitative estimate of drug-likeness (QED) is 0.694. The molecule has 8 heteroatoms. The fourth-order valence-electron chi connectivity index (χ4n) is 2.12. The number of pyridine rings is 1. The van der Waals surface area contributed by atoms with E-state index >= 15 is 0 Å². The lowest BCUT2D eigenvalue weighted by Gasteiger charge is -2.07. The summed E-state index contributed by atoms with van der Waals surface area (Å²) >= 11 is 0. The number of halogens is 4. The molecule has 128 valence electrons. The van der Waals surface area contributed by atoms with Crippen LogP contribution in [0.25, 0.3) is 11.3 Å². The van der Waals surface area contributed by atoms with Gasteiger partial charge >= 0.3 is 6.18 Å². The Morgan fingerprint density at radius 1 is 1.12 bits per heavy atom. The lowest BCUT2D eigenvalue weighted by atomic mass is 10.1. The largest absolute Gasteiger partial charge is 0.451 e. The Balaban J connectivity index is 1.83. The molecular weight excluding hydrogens is 340 g/mol. The van der Waals surface area contributed by atoms with E-state index in [-0.39, 0.29) is 22.8 Å². The molecule has 0 bridgehead atoms. The Morgan fingerprint density at radius 3 is 2.64 bits per heavy atom. The monoisotopic (exact) mass is 350 g/mol. The summed E-state index contributed by atoms with van der Waals surface area (Å²) in [5, 5.41) is 2.30. The summed E-state index contributed by atoms with van der Waals surface area (Å²) in [6.45, 7) is 0. The minimum Gasteiger partial charge on any atom is -0.451 e. The van der Waals surface area contributed by atoms with Gasteiger partial charge in [0.1, 0.15) is 5.76 Å². The highest BCUT2D eigenvalue weighted by molar-refractivity contribution is 6.02. The van der Waals surface area contributed by atoms with Crippen LogP contribution in [0.5, 0.6) is 0 Å².